The Morgan fingerprint density at radius 3 is 2.38 bits per heavy atom. The fourth-order valence-electron chi connectivity index (χ4n) is 2.11. The Hall–Kier alpha value is -0.320. The molecule has 2 heterocycles. The van der Waals surface area contributed by atoms with Gasteiger partial charge in [-0.3, -0.25) is 4.79 Å². The van der Waals surface area contributed by atoms with Crippen molar-refractivity contribution in [1.29, 1.82) is 0 Å². The summed E-state index contributed by atoms with van der Waals surface area (Å²) in [6.07, 6.45) is 3.69. The summed E-state index contributed by atoms with van der Waals surface area (Å²) in [7, 11) is 0. The van der Waals surface area contributed by atoms with Gasteiger partial charge in [0, 0.05) is 13.2 Å². The molecule has 0 radical (unpaired) electrons. The number of hydrogen-bond acceptors (Lipinski definition) is 4. The molecule has 0 unspecified atom stereocenters. The molecule has 0 aromatic rings. The number of nitrogens with one attached hydrogen (secondary N) is 1. The molecular formula is C11H20ClNO3. The topological polar surface area (TPSA) is 47.6 Å². The van der Waals surface area contributed by atoms with Crippen molar-refractivity contribution in [2.24, 2.45) is 5.92 Å². The minimum absolute atomic E-state index is 0. The van der Waals surface area contributed by atoms with E-state index in [4.69, 9.17) is 9.47 Å². The highest BCUT2D eigenvalue weighted by Crippen LogP contribution is 2.18. The van der Waals surface area contributed by atoms with Crippen LogP contribution in [0.4, 0.5) is 0 Å². The lowest BCUT2D eigenvalue weighted by Crippen LogP contribution is -2.36. The van der Waals surface area contributed by atoms with Crippen molar-refractivity contribution in [1.82, 2.24) is 5.32 Å². The first-order chi connectivity index (χ1) is 7.36. The van der Waals surface area contributed by atoms with Gasteiger partial charge >= 0.3 is 5.97 Å². The van der Waals surface area contributed by atoms with E-state index in [0.29, 0.717) is 13.2 Å². The number of carbonyl (C=O) groups is 1. The van der Waals surface area contributed by atoms with Crippen molar-refractivity contribution < 1.29 is 14.3 Å². The Morgan fingerprint density at radius 1 is 1.12 bits per heavy atom. The van der Waals surface area contributed by atoms with Crippen LogP contribution in [0.25, 0.3) is 0 Å². The van der Waals surface area contributed by atoms with E-state index in [1.807, 2.05) is 0 Å². The minimum atomic E-state index is -0.00907. The lowest BCUT2D eigenvalue weighted by atomic mass is 10.0. The zero-order chi connectivity index (χ0) is 10.5. The highest BCUT2D eigenvalue weighted by Gasteiger charge is 2.26. The van der Waals surface area contributed by atoms with Gasteiger partial charge in [0.1, 0.15) is 6.10 Å². The lowest BCUT2D eigenvalue weighted by molar-refractivity contribution is -0.158. The molecule has 0 aromatic carbocycles. The van der Waals surface area contributed by atoms with Crippen molar-refractivity contribution in [2.75, 3.05) is 26.3 Å². The highest BCUT2D eigenvalue weighted by molar-refractivity contribution is 5.85. The zero-order valence-corrected chi connectivity index (χ0v) is 10.3. The van der Waals surface area contributed by atoms with Crippen molar-refractivity contribution in [3.8, 4) is 0 Å². The molecule has 1 N–H and O–H groups in total. The Kier molecular flexibility index (Phi) is 6.09. The maximum atomic E-state index is 11.8. The molecule has 2 fully saturated rings. The average Bonchev–Trinajstić information content (AvgIpc) is 2.31. The van der Waals surface area contributed by atoms with E-state index in [-0.39, 0.29) is 30.4 Å². The first kappa shape index (κ1) is 13.7. The standard InChI is InChI=1S/C11H19NO3.ClH/c13-11(9-3-7-14-8-4-9)15-10-1-5-12-6-2-10;/h9-10,12H,1-8H2;1H. The van der Waals surface area contributed by atoms with Crippen LogP contribution < -0.4 is 5.32 Å². The molecule has 2 saturated heterocycles. The first-order valence-corrected chi connectivity index (χ1v) is 5.85. The van der Waals surface area contributed by atoms with Gasteiger partial charge in [-0.15, -0.1) is 12.4 Å². The molecular weight excluding hydrogens is 230 g/mol. The summed E-state index contributed by atoms with van der Waals surface area (Å²) in [5.74, 6) is 0.0684. The number of rotatable bonds is 2. The van der Waals surface area contributed by atoms with E-state index >= 15 is 0 Å². The maximum absolute atomic E-state index is 11.8. The number of hydrogen-bond donors (Lipinski definition) is 1. The van der Waals surface area contributed by atoms with Crippen molar-refractivity contribution >= 4 is 18.4 Å². The molecule has 2 aliphatic rings. The van der Waals surface area contributed by atoms with Gasteiger partial charge in [-0.1, -0.05) is 0 Å². The number of carbonyl (C=O) groups excluding carboxylic acids is 1. The van der Waals surface area contributed by atoms with Crippen LogP contribution in [-0.4, -0.2) is 38.4 Å². The third-order valence-corrected chi connectivity index (χ3v) is 3.12. The first-order valence-electron chi connectivity index (χ1n) is 5.85. The van der Waals surface area contributed by atoms with E-state index < -0.39 is 0 Å². The SMILES string of the molecule is Cl.O=C(OC1CCNCC1)C1CCOCC1. The van der Waals surface area contributed by atoms with E-state index in [0.717, 1.165) is 38.8 Å². The van der Waals surface area contributed by atoms with Crippen LogP contribution in [0.2, 0.25) is 0 Å². The number of ether oxygens (including phenoxy) is 2. The molecule has 16 heavy (non-hydrogen) atoms. The van der Waals surface area contributed by atoms with Crippen LogP contribution in [0.3, 0.4) is 0 Å². The predicted molar refractivity (Wildman–Crippen MR) is 62.8 cm³/mol. The smallest absolute Gasteiger partial charge is 0.309 e. The van der Waals surface area contributed by atoms with Crippen LogP contribution in [0, 0.1) is 5.92 Å². The van der Waals surface area contributed by atoms with Gasteiger partial charge in [0.2, 0.25) is 0 Å². The Labute approximate surface area is 102 Å². The molecule has 0 saturated carbocycles. The fourth-order valence-corrected chi connectivity index (χ4v) is 2.11. The Morgan fingerprint density at radius 2 is 1.75 bits per heavy atom. The van der Waals surface area contributed by atoms with Crippen LogP contribution >= 0.6 is 12.4 Å². The van der Waals surface area contributed by atoms with Gasteiger partial charge in [-0.2, -0.15) is 0 Å². The lowest BCUT2D eigenvalue weighted by Gasteiger charge is -2.26. The second kappa shape index (κ2) is 7.09. The van der Waals surface area contributed by atoms with Crippen LogP contribution in [0.15, 0.2) is 0 Å². The van der Waals surface area contributed by atoms with Gasteiger partial charge < -0.3 is 14.8 Å². The summed E-state index contributed by atoms with van der Waals surface area (Å²) < 4.78 is 10.7. The molecule has 0 aromatic heterocycles. The monoisotopic (exact) mass is 249 g/mol. The highest BCUT2D eigenvalue weighted by atomic mass is 35.5. The number of esters is 1. The minimum Gasteiger partial charge on any atom is -0.462 e. The van der Waals surface area contributed by atoms with Crippen molar-refractivity contribution in [3.63, 3.8) is 0 Å². The summed E-state index contributed by atoms with van der Waals surface area (Å²) in [6.45, 7) is 3.33. The zero-order valence-electron chi connectivity index (χ0n) is 9.44. The van der Waals surface area contributed by atoms with E-state index in [1.165, 1.54) is 0 Å². The second-order valence-corrected chi connectivity index (χ2v) is 4.27. The quantitative estimate of drug-likeness (QED) is 0.746. The van der Waals surface area contributed by atoms with E-state index in [9.17, 15) is 4.79 Å². The normalized spacial score (nSPS) is 23.5. The third kappa shape index (κ3) is 3.92. The molecule has 0 amide bonds. The van der Waals surface area contributed by atoms with Crippen LogP contribution in [-0.2, 0) is 14.3 Å². The molecule has 0 bridgehead atoms. The predicted octanol–water partition coefficient (Wildman–Crippen LogP) is 1.13. The molecule has 5 heteroatoms. The molecule has 4 nitrogen and oxygen atoms in total. The molecule has 94 valence electrons. The summed E-state index contributed by atoms with van der Waals surface area (Å²) >= 11 is 0. The Balaban J connectivity index is 0.00000128. The molecule has 2 aliphatic heterocycles. The van der Waals surface area contributed by atoms with Crippen molar-refractivity contribution in [3.05, 3.63) is 0 Å². The van der Waals surface area contributed by atoms with Gasteiger partial charge in [-0.25, -0.2) is 0 Å². The summed E-state index contributed by atoms with van der Waals surface area (Å²) in [6, 6.07) is 0. The summed E-state index contributed by atoms with van der Waals surface area (Å²) in [5, 5.41) is 3.26. The molecule has 0 aliphatic carbocycles. The van der Waals surface area contributed by atoms with E-state index in [1.54, 1.807) is 0 Å². The number of halogens is 1. The van der Waals surface area contributed by atoms with Gasteiger partial charge in [0.05, 0.1) is 5.92 Å². The largest absolute Gasteiger partial charge is 0.462 e. The van der Waals surface area contributed by atoms with Gasteiger partial charge in [-0.05, 0) is 38.8 Å². The fraction of sp³-hybridized carbons (Fsp3) is 0.909. The van der Waals surface area contributed by atoms with Crippen molar-refractivity contribution in [2.45, 2.75) is 31.8 Å². The summed E-state index contributed by atoms with van der Waals surface area (Å²) in [5.41, 5.74) is 0. The van der Waals surface area contributed by atoms with E-state index in [2.05, 4.69) is 5.32 Å². The third-order valence-electron chi connectivity index (χ3n) is 3.12. The number of piperidine rings is 1. The Bertz CT molecular complexity index is 213. The van der Waals surface area contributed by atoms with Gasteiger partial charge in [0.25, 0.3) is 0 Å². The van der Waals surface area contributed by atoms with Gasteiger partial charge in [0.15, 0.2) is 0 Å². The molecule has 0 atom stereocenters. The second-order valence-electron chi connectivity index (χ2n) is 4.27. The van der Waals surface area contributed by atoms with Crippen LogP contribution in [0.5, 0.6) is 0 Å². The van der Waals surface area contributed by atoms with Crippen LogP contribution in [0.1, 0.15) is 25.7 Å². The maximum Gasteiger partial charge on any atom is 0.309 e. The molecule has 2 rings (SSSR count). The summed E-state index contributed by atoms with van der Waals surface area (Å²) in [4.78, 5) is 11.8. The average molecular weight is 250 g/mol. The molecule has 0 spiro atoms.